The van der Waals surface area contributed by atoms with Gasteiger partial charge in [-0.15, -0.1) is 0 Å². The summed E-state index contributed by atoms with van der Waals surface area (Å²) in [5.41, 5.74) is 1.02. The summed E-state index contributed by atoms with van der Waals surface area (Å²) < 4.78 is 2.00. The minimum atomic E-state index is 0.405. The summed E-state index contributed by atoms with van der Waals surface area (Å²) in [6.45, 7) is 0.405. The molecule has 4 heteroatoms. The van der Waals surface area contributed by atoms with Crippen molar-refractivity contribution in [3.8, 4) is 0 Å². The van der Waals surface area contributed by atoms with Crippen molar-refractivity contribution >= 4 is 31.9 Å². The van der Waals surface area contributed by atoms with E-state index in [1.54, 1.807) is 0 Å². The molecule has 2 nitrogen and oxygen atoms in total. The van der Waals surface area contributed by atoms with Gasteiger partial charge in [0.2, 0.25) is 0 Å². The number of nitrogens with two attached hydrogens (primary N) is 1. The Morgan fingerprint density at radius 2 is 1.82 bits per heavy atom. The molecule has 0 aliphatic carbocycles. The van der Waals surface area contributed by atoms with Crippen LogP contribution in [0.4, 0.5) is 0 Å². The molecule has 0 aromatic heterocycles. The SMILES string of the molecule is NOCc1c(Br)cccc1Br. The van der Waals surface area contributed by atoms with Gasteiger partial charge >= 0.3 is 0 Å². The molecular formula is C7H7Br2NO. The molecule has 0 saturated heterocycles. The largest absolute Gasteiger partial charge is 0.300 e. The number of benzene rings is 1. The van der Waals surface area contributed by atoms with E-state index in [2.05, 4.69) is 36.7 Å². The van der Waals surface area contributed by atoms with E-state index >= 15 is 0 Å². The maximum Gasteiger partial charge on any atom is 0.0951 e. The molecule has 1 aromatic carbocycles. The molecule has 2 N–H and O–H groups in total. The van der Waals surface area contributed by atoms with Crippen molar-refractivity contribution in [3.05, 3.63) is 32.7 Å². The van der Waals surface area contributed by atoms with E-state index in [9.17, 15) is 0 Å². The van der Waals surface area contributed by atoms with Gasteiger partial charge in [0.05, 0.1) is 6.61 Å². The Morgan fingerprint density at radius 1 is 1.27 bits per heavy atom. The molecule has 0 heterocycles. The fourth-order valence-electron chi connectivity index (χ4n) is 0.754. The van der Waals surface area contributed by atoms with Crippen LogP contribution in [0.3, 0.4) is 0 Å². The Kier molecular flexibility index (Phi) is 3.51. The van der Waals surface area contributed by atoms with Crippen LogP contribution in [0.5, 0.6) is 0 Å². The van der Waals surface area contributed by atoms with Crippen molar-refractivity contribution in [3.63, 3.8) is 0 Å². The van der Waals surface area contributed by atoms with Crippen LogP contribution in [0.2, 0.25) is 0 Å². The summed E-state index contributed by atoms with van der Waals surface area (Å²) in [4.78, 5) is 4.53. The van der Waals surface area contributed by atoms with Gasteiger partial charge in [-0.3, -0.25) is 4.84 Å². The van der Waals surface area contributed by atoms with Crippen LogP contribution in [0.1, 0.15) is 5.56 Å². The molecule has 11 heavy (non-hydrogen) atoms. The molecule has 0 amide bonds. The molecule has 0 unspecified atom stereocenters. The standard InChI is InChI=1S/C7H7Br2NO/c8-6-2-1-3-7(9)5(6)4-11-10/h1-3H,4,10H2. The van der Waals surface area contributed by atoms with Crippen molar-refractivity contribution in [2.24, 2.45) is 5.90 Å². The zero-order valence-electron chi connectivity index (χ0n) is 5.68. The highest BCUT2D eigenvalue weighted by atomic mass is 79.9. The third kappa shape index (κ3) is 2.27. The lowest BCUT2D eigenvalue weighted by molar-refractivity contribution is 0.123. The summed E-state index contributed by atoms with van der Waals surface area (Å²) in [5.74, 6) is 4.96. The highest BCUT2D eigenvalue weighted by molar-refractivity contribution is 9.11. The lowest BCUT2D eigenvalue weighted by Gasteiger charge is -2.04. The maximum absolute atomic E-state index is 4.96. The van der Waals surface area contributed by atoms with E-state index in [-0.39, 0.29) is 0 Å². The normalized spacial score (nSPS) is 10.1. The Hall–Kier alpha value is 0.1000. The minimum Gasteiger partial charge on any atom is -0.300 e. The van der Waals surface area contributed by atoms with Gasteiger partial charge in [0, 0.05) is 14.5 Å². The topological polar surface area (TPSA) is 35.2 Å². The summed E-state index contributed by atoms with van der Waals surface area (Å²) in [6.07, 6.45) is 0. The van der Waals surface area contributed by atoms with E-state index in [1.807, 2.05) is 18.2 Å². The molecule has 1 aromatic rings. The monoisotopic (exact) mass is 279 g/mol. The van der Waals surface area contributed by atoms with Crippen molar-refractivity contribution in [1.82, 2.24) is 0 Å². The van der Waals surface area contributed by atoms with Gasteiger partial charge in [-0.05, 0) is 12.1 Å². The first-order chi connectivity index (χ1) is 5.25. The molecule has 0 aliphatic heterocycles. The molecule has 0 bridgehead atoms. The predicted molar refractivity (Wildman–Crippen MR) is 50.8 cm³/mol. The van der Waals surface area contributed by atoms with Crippen molar-refractivity contribution in [2.75, 3.05) is 0 Å². The van der Waals surface area contributed by atoms with Crippen LogP contribution < -0.4 is 5.90 Å². The second kappa shape index (κ2) is 4.21. The molecule has 1 rings (SSSR count). The second-order valence-corrected chi connectivity index (χ2v) is 3.72. The van der Waals surface area contributed by atoms with E-state index in [4.69, 9.17) is 5.90 Å². The molecular weight excluding hydrogens is 274 g/mol. The fraction of sp³-hybridized carbons (Fsp3) is 0.143. The van der Waals surface area contributed by atoms with Gasteiger partial charge in [-0.2, -0.15) is 0 Å². The smallest absolute Gasteiger partial charge is 0.0951 e. The summed E-state index contributed by atoms with van der Waals surface area (Å²) in [5, 5.41) is 0. The number of rotatable bonds is 2. The van der Waals surface area contributed by atoms with Crippen LogP contribution in [0, 0.1) is 0 Å². The Labute approximate surface area is 81.9 Å². The molecule has 0 atom stereocenters. The fourth-order valence-corrected chi connectivity index (χ4v) is 1.98. The zero-order chi connectivity index (χ0) is 8.27. The first-order valence-electron chi connectivity index (χ1n) is 3.00. The molecule has 0 radical (unpaired) electrons. The highest BCUT2D eigenvalue weighted by Gasteiger charge is 2.02. The average molecular weight is 281 g/mol. The summed E-state index contributed by atoms with van der Waals surface area (Å²) in [7, 11) is 0. The van der Waals surface area contributed by atoms with Crippen LogP contribution in [-0.4, -0.2) is 0 Å². The van der Waals surface area contributed by atoms with Gasteiger partial charge in [-0.25, -0.2) is 5.90 Å². The van der Waals surface area contributed by atoms with Crippen molar-refractivity contribution in [1.29, 1.82) is 0 Å². The number of hydrogen-bond acceptors (Lipinski definition) is 2. The minimum absolute atomic E-state index is 0.405. The Balaban J connectivity index is 3.00. The van der Waals surface area contributed by atoms with Gasteiger partial charge in [0.25, 0.3) is 0 Å². The van der Waals surface area contributed by atoms with Gasteiger partial charge in [0.15, 0.2) is 0 Å². The van der Waals surface area contributed by atoms with Gasteiger partial charge in [0.1, 0.15) is 0 Å². The van der Waals surface area contributed by atoms with E-state index < -0.39 is 0 Å². The highest BCUT2D eigenvalue weighted by Crippen LogP contribution is 2.25. The molecule has 0 fully saturated rings. The summed E-state index contributed by atoms with van der Waals surface area (Å²) >= 11 is 6.77. The van der Waals surface area contributed by atoms with Crippen molar-refractivity contribution < 1.29 is 4.84 Å². The Morgan fingerprint density at radius 3 is 2.27 bits per heavy atom. The van der Waals surface area contributed by atoms with Crippen LogP contribution in [-0.2, 0) is 11.4 Å². The van der Waals surface area contributed by atoms with Gasteiger partial charge in [-0.1, -0.05) is 37.9 Å². The average Bonchev–Trinajstić information content (AvgIpc) is 1.97. The third-order valence-corrected chi connectivity index (χ3v) is 2.78. The lowest BCUT2D eigenvalue weighted by atomic mass is 10.2. The van der Waals surface area contributed by atoms with Crippen LogP contribution in [0.25, 0.3) is 0 Å². The maximum atomic E-state index is 4.96. The van der Waals surface area contributed by atoms with Crippen LogP contribution in [0.15, 0.2) is 27.1 Å². The van der Waals surface area contributed by atoms with E-state index in [0.29, 0.717) is 6.61 Å². The lowest BCUT2D eigenvalue weighted by Crippen LogP contribution is -2.00. The Bertz CT molecular complexity index is 232. The predicted octanol–water partition coefficient (Wildman–Crippen LogP) is 2.60. The molecule has 0 saturated carbocycles. The molecule has 0 spiro atoms. The molecule has 0 aliphatic rings. The molecule has 60 valence electrons. The zero-order valence-corrected chi connectivity index (χ0v) is 8.85. The van der Waals surface area contributed by atoms with Crippen molar-refractivity contribution in [2.45, 2.75) is 6.61 Å². The van der Waals surface area contributed by atoms with Gasteiger partial charge < -0.3 is 0 Å². The quantitative estimate of drug-likeness (QED) is 0.846. The second-order valence-electron chi connectivity index (χ2n) is 2.01. The van der Waals surface area contributed by atoms with Crippen LogP contribution >= 0.6 is 31.9 Å². The first-order valence-corrected chi connectivity index (χ1v) is 4.59. The number of halogens is 2. The third-order valence-electron chi connectivity index (χ3n) is 1.29. The summed E-state index contributed by atoms with van der Waals surface area (Å²) in [6, 6.07) is 5.83. The number of hydrogen-bond donors (Lipinski definition) is 1. The first kappa shape index (κ1) is 9.19. The van der Waals surface area contributed by atoms with E-state index in [0.717, 1.165) is 14.5 Å². The van der Waals surface area contributed by atoms with E-state index in [1.165, 1.54) is 0 Å².